The molecule has 0 unspecified atom stereocenters. The van der Waals surface area contributed by atoms with E-state index in [1.807, 2.05) is 4.90 Å². The molecular weight excluding hydrogens is 378 g/mol. The second kappa shape index (κ2) is 7.84. The molecule has 3 saturated heterocycles. The minimum absolute atomic E-state index is 0.00565. The Labute approximate surface area is 178 Å². The summed E-state index contributed by atoms with van der Waals surface area (Å²) in [4.78, 5) is 18.5. The van der Waals surface area contributed by atoms with Crippen LogP contribution in [0.2, 0.25) is 0 Å². The molecule has 5 rings (SSSR count). The van der Waals surface area contributed by atoms with Crippen molar-refractivity contribution in [2.45, 2.75) is 55.3 Å². The normalized spacial score (nSPS) is 29.1. The number of amides is 2. The van der Waals surface area contributed by atoms with Gasteiger partial charge in [-0.3, -0.25) is 4.90 Å². The van der Waals surface area contributed by atoms with Gasteiger partial charge in [0.2, 0.25) is 0 Å². The number of nitrogens with one attached hydrogen (secondary N) is 1. The summed E-state index contributed by atoms with van der Waals surface area (Å²) >= 11 is 0. The number of urea groups is 1. The van der Waals surface area contributed by atoms with E-state index in [0.29, 0.717) is 50.6 Å². The van der Waals surface area contributed by atoms with Gasteiger partial charge in [0.15, 0.2) is 0 Å². The molecule has 1 aliphatic carbocycles. The molecule has 3 heterocycles. The summed E-state index contributed by atoms with van der Waals surface area (Å²) in [5.41, 5.74) is 1.25. The molecule has 1 aromatic rings. The number of carbonyl (C=O) groups is 1. The standard InChI is InChI=1S/C23H31N5O2/c24-9-8-23(15-27(16-23)22(30)26-13-19(29)14-26)28-10-6-18(7-11-28)25-21-12-20(21)17-4-2-1-3-5-17/h1-5,18-21,25,29H,6-8,10-16H2/t20-,21+/m0/s1. The van der Waals surface area contributed by atoms with Crippen molar-refractivity contribution in [2.75, 3.05) is 39.3 Å². The zero-order valence-corrected chi connectivity index (χ0v) is 17.4. The number of nitriles is 1. The molecule has 2 amide bonds. The van der Waals surface area contributed by atoms with Gasteiger partial charge < -0.3 is 20.2 Å². The minimum atomic E-state index is -0.376. The number of hydrogen-bond donors (Lipinski definition) is 2. The number of rotatable bonds is 5. The quantitative estimate of drug-likeness (QED) is 0.767. The van der Waals surface area contributed by atoms with Gasteiger partial charge in [-0.25, -0.2) is 4.79 Å². The van der Waals surface area contributed by atoms with Crippen molar-refractivity contribution in [3.05, 3.63) is 35.9 Å². The third kappa shape index (κ3) is 3.68. The third-order valence-corrected chi connectivity index (χ3v) is 7.42. The van der Waals surface area contributed by atoms with E-state index >= 15 is 0 Å². The fourth-order valence-electron chi connectivity index (χ4n) is 5.45. The minimum Gasteiger partial charge on any atom is -0.389 e. The monoisotopic (exact) mass is 409 g/mol. The Kier molecular flexibility index (Phi) is 5.18. The van der Waals surface area contributed by atoms with Crippen LogP contribution in [-0.2, 0) is 0 Å². The van der Waals surface area contributed by atoms with E-state index in [1.54, 1.807) is 4.90 Å². The molecule has 4 aliphatic rings. The largest absolute Gasteiger partial charge is 0.389 e. The van der Waals surface area contributed by atoms with Crippen LogP contribution >= 0.6 is 0 Å². The topological polar surface area (TPSA) is 82.8 Å². The van der Waals surface area contributed by atoms with E-state index in [9.17, 15) is 15.2 Å². The Morgan fingerprint density at radius 3 is 2.50 bits per heavy atom. The first-order valence-electron chi connectivity index (χ1n) is 11.2. The van der Waals surface area contributed by atoms with Crippen molar-refractivity contribution in [3.63, 3.8) is 0 Å². The number of carbonyl (C=O) groups excluding carboxylic acids is 1. The summed E-state index contributed by atoms with van der Waals surface area (Å²) in [6.45, 7) is 4.08. The van der Waals surface area contributed by atoms with Crippen LogP contribution in [0.15, 0.2) is 30.3 Å². The zero-order chi connectivity index (χ0) is 20.7. The van der Waals surface area contributed by atoms with Crippen LogP contribution in [0, 0.1) is 11.3 Å². The van der Waals surface area contributed by atoms with E-state index in [-0.39, 0.29) is 17.7 Å². The maximum atomic E-state index is 12.5. The van der Waals surface area contributed by atoms with Crippen molar-refractivity contribution in [1.82, 2.24) is 20.0 Å². The maximum Gasteiger partial charge on any atom is 0.320 e. The average molecular weight is 410 g/mol. The first kappa shape index (κ1) is 19.8. The van der Waals surface area contributed by atoms with E-state index in [1.165, 1.54) is 12.0 Å². The Balaban J connectivity index is 1.10. The van der Waals surface area contributed by atoms with E-state index in [4.69, 9.17) is 0 Å². The SMILES string of the molecule is N#CCC1(N2CCC(N[C@@H]3C[C@H]3c3ccccc3)CC2)CN(C(=O)N2CC(O)C2)C1. The number of aliphatic hydroxyl groups excluding tert-OH is 1. The van der Waals surface area contributed by atoms with Crippen LogP contribution in [0.25, 0.3) is 0 Å². The summed E-state index contributed by atoms with van der Waals surface area (Å²) in [5, 5.41) is 22.7. The molecular formula is C23H31N5O2. The Morgan fingerprint density at radius 2 is 1.87 bits per heavy atom. The van der Waals surface area contributed by atoms with Gasteiger partial charge in [0.1, 0.15) is 0 Å². The Morgan fingerprint density at radius 1 is 1.17 bits per heavy atom. The lowest BCUT2D eigenvalue weighted by Gasteiger charge is -2.57. The van der Waals surface area contributed by atoms with Gasteiger partial charge in [0.05, 0.1) is 37.2 Å². The summed E-state index contributed by atoms with van der Waals surface area (Å²) in [6.07, 6.45) is 3.51. The lowest BCUT2D eigenvalue weighted by molar-refractivity contribution is -0.0606. The molecule has 1 saturated carbocycles. The van der Waals surface area contributed by atoms with Crippen molar-refractivity contribution in [3.8, 4) is 6.07 Å². The highest BCUT2D eigenvalue weighted by Gasteiger charge is 2.51. The second-order valence-electron chi connectivity index (χ2n) is 9.54. The van der Waals surface area contributed by atoms with Gasteiger partial charge in [-0.2, -0.15) is 5.26 Å². The molecule has 160 valence electrons. The highest BCUT2D eigenvalue weighted by atomic mass is 16.3. The lowest BCUT2D eigenvalue weighted by atomic mass is 9.83. The molecule has 30 heavy (non-hydrogen) atoms. The fourth-order valence-corrected chi connectivity index (χ4v) is 5.45. The number of benzene rings is 1. The van der Waals surface area contributed by atoms with Gasteiger partial charge in [-0.05, 0) is 24.8 Å². The van der Waals surface area contributed by atoms with E-state index in [0.717, 1.165) is 25.9 Å². The zero-order valence-electron chi connectivity index (χ0n) is 17.4. The number of likely N-dealkylation sites (tertiary alicyclic amines) is 3. The van der Waals surface area contributed by atoms with Crippen molar-refractivity contribution < 1.29 is 9.90 Å². The van der Waals surface area contributed by atoms with E-state index < -0.39 is 0 Å². The average Bonchev–Trinajstić information content (AvgIpc) is 3.48. The predicted octanol–water partition coefficient (Wildman–Crippen LogP) is 1.36. The molecule has 2 N–H and O–H groups in total. The van der Waals surface area contributed by atoms with Crippen LogP contribution in [0.3, 0.4) is 0 Å². The predicted molar refractivity (Wildman–Crippen MR) is 113 cm³/mol. The van der Waals surface area contributed by atoms with Gasteiger partial charge >= 0.3 is 6.03 Å². The van der Waals surface area contributed by atoms with Crippen molar-refractivity contribution >= 4 is 6.03 Å². The number of β-amino-alcohol motifs (C(OH)–C–C–N with tert-alkyl or cyclic N) is 1. The third-order valence-electron chi connectivity index (χ3n) is 7.42. The van der Waals surface area contributed by atoms with Gasteiger partial charge in [0, 0.05) is 44.2 Å². The molecule has 0 radical (unpaired) electrons. The summed E-state index contributed by atoms with van der Waals surface area (Å²) in [7, 11) is 0. The molecule has 2 atom stereocenters. The Bertz CT molecular complexity index is 805. The first-order valence-corrected chi connectivity index (χ1v) is 11.2. The highest BCUT2D eigenvalue weighted by Crippen LogP contribution is 2.42. The van der Waals surface area contributed by atoms with Crippen molar-refractivity contribution in [2.24, 2.45) is 0 Å². The van der Waals surface area contributed by atoms with Crippen LogP contribution in [-0.4, -0.2) is 88.8 Å². The fraction of sp³-hybridized carbons (Fsp3) is 0.652. The first-order chi connectivity index (χ1) is 14.6. The molecule has 7 nitrogen and oxygen atoms in total. The Hall–Kier alpha value is -2.14. The molecule has 1 aromatic carbocycles. The molecule has 7 heteroatoms. The number of aliphatic hydroxyl groups is 1. The summed E-state index contributed by atoms with van der Waals surface area (Å²) in [5.74, 6) is 0.653. The van der Waals surface area contributed by atoms with Gasteiger partial charge in [-0.15, -0.1) is 0 Å². The summed E-state index contributed by atoms with van der Waals surface area (Å²) in [6, 6.07) is 14.3. The summed E-state index contributed by atoms with van der Waals surface area (Å²) < 4.78 is 0. The maximum absolute atomic E-state index is 12.5. The van der Waals surface area contributed by atoms with Gasteiger partial charge in [-0.1, -0.05) is 30.3 Å². The number of hydrogen-bond acceptors (Lipinski definition) is 5. The van der Waals surface area contributed by atoms with Crippen LogP contribution in [0.1, 0.15) is 37.2 Å². The molecule has 4 fully saturated rings. The van der Waals surface area contributed by atoms with Gasteiger partial charge in [0.25, 0.3) is 0 Å². The van der Waals surface area contributed by atoms with Crippen LogP contribution < -0.4 is 5.32 Å². The highest BCUT2D eigenvalue weighted by molar-refractivity contribution is 5.76. The molecule has 0 aromatic heterocycles. The second-order valence-corrected chi connectivity index (χ2v) is 9.54. The molecule has 0 spiro atoms. The van der Waals surface area contributed by atoms with Crippen LogP contribution in [0.4, 0.5) is 4.79 Å². The number of piperidine rings is 1. The molecule has 3 aliphatic heterocycles. The van der Waals surface area contributed by atoms with Crippen LogP contribution in [0.5, 0.6) is 0 Å². The lowest BCUT2D eigenvalue weighted by Crippen LogP contribution is -2.74. The van der Waals surface area contributed by atoms with Crippen molar-refractivity contribution in [1.29, 1.82) is 5.26 Å². The smallest absolute Gasteiger partial charge is 0.320 e. The molecule has 0 bridgehead atoms. The van der Waals surface area contributed by atoms with E-state index in [2.05, 4.69) is 46.6 Å². The number of nitrogens with zero attached hydrogens (tertiary/aromatic N) is 4.